The first-order chi connectivity index (χ1) is 61.4. The normalized spacial score (nSPS) is 12.0. The number of benzene rings is 24. The second kappa shape index (κ2) is 30.6. The maximum absolute atomic E-state index is 2.48. The van der Waals surface area contributed by atoms with E-state index in [0.717, 1.165) is 0 Å². The van der Waals surface area contributed by atoms with E-state index in [4.69, 9.17) is 0 Å². The van der Waals surface area contributed by atoms with Crippen LogP contribution in [-0.2, 0) is 10.8 Å². The highest BCUT2D eigenvalue weighted by atomic mass is 14.3. The van der Waals surface area contributed by atoms with E-state index in [-0.39, 0.29) is 10.8 Å². The average Bonchev–Trinajstić information content (AvgIpc) is 0.715. The van der Waals surface area contributed by atoms with E-state index in [9.17, 15) is 0 Å². The fraction of sp³-hybridized carbons (Fsp3) is 0.0952. The summed E-state index contributed by atoms with van der Waals surface area (Å²) in [5.41, 5.74) is 23.4. The van der Waals surface area contributed by atoms with Crippen LogP contribution in [0.5, 0.6) is 0 Å². The largest absolute Gasteiger partial charge is 0.0622 e. The van der Waals surface area contributed by atoms with Gasteiger partial charge in [0.25, 0.3) is 0 Å². The van der Waals surface area contributed by atoms with Gasteiger partial charge in [0, 0.05) is 0 Å². The molecule has 0 atom stereocenters. The molecule has 24 aromatic rings. The Kier molecular flexibility index (Phi) is 18.8. The minimum absolute atomic E-state index is 0.0120. The van der Waals surface area contributed by atoms with Gasteiger partial charge in [-0.25, -0.2) is 0 Å². The van der Waals surface area contributed by atoms with Crippen molar-refractivity contribution >= 4 is 162 Å². The van der Waals surface area contributed by atoms with Crippen molar-refractivity contribution in [3.05, 3.63) is 434 Å². The molecule has 0 fully saturated rings. The van der Waals surface area contributed by atoms with Crippen LogP contribution in [0, 0.1) is 27.7 Å². The quantitative estimate of drug-likeness (QED) is 0.115. The van der Waals surface area contributed by atoms with Crippen LogP contribution in [-0.4, -0.2) is 0 Å². The Balaban J connectivity index is 0.000000114. The lowest BCUT2D eigenvalue weighted by atomic mass is 9.79. The van der Waals surface area contributed by atoms with Crippen molar-refractivity contribution in [3.8, 4) is 66.8 Å². The van der Waals surface area contributed by atoms with E-state index in [1.807, 2.05) is 0 Å². The van der Waals surface area contributed by atoms with E-state index in [1.54, 1.807) is 0 Å². The van der Waals surface area contributed by atoms with Crippen LogP contribution in [0.25, 0.3) is 228 Å². The molecular formula is C126H96. The zero-order chi connectivity index (χ0) is 85.4. The molecule has 126 heavy (non-hydrogen) atoms. The smallest absolute Gasteiger partial charge is 0.00260 e. The second-order valence-electron chi connectivity index (χ2n) is 37.1. The summed E-state index contributed by atoms with van der Waals surface area (Å²) < 4.78 is 0. The number of hydrogen-bond donors (Lipinski definition) is 0. The SMILES string of the molecule is CC(C)(C)c1ccc2c(-c3ccc4ccc5ccccc5c4c3)c3cc(C(C)(C)C)ccc3c(-c3ccc4ccc5ccccc5c4c3)c2c1.Cc1c(C)c2ccc(-c3c4ccccc4c(-c4ccccc4)c4ccccc34)cc2c2ccccc12.Cc1ccc2c(-c3ccc4ccc5ccccc5c4c3)c3cc(C)ccc3c(-c3ccc4ccccc4c3)c2c1. The van der Waals surface area contributed by atoms with Crippen molar-refractivity contribution in [2.24, 2.45) is 0 Å². The highest BCUT2D eigenvalue weighted by Crippen LogP contribution is 2.52. The fourth-order valence-electron chi connectivity index (χ4n) is 20.7. The third-order valence-corrected chi connectivity index (χ3v) is 27.3. The number of hydrogen-bond acceptors (Lipinski definition) is 0. The zero-order valence-electron chi connectivity index (χ0n) is 73.1. The molecule has 0 aromatic heterocycles. The van der Waals surface area contributed by atoms with Crippen molar-refractivity contribution in [2.75, 3.05) is 0 Å². The Morgan fingerprint density at radius 3 is 0.778 bits per heavy atom. The van der Waals surface area contributed by atoms with Gasteiger partial charge in [0.05, 0.1) is 0 Å². The molecule has 0 aliphatic carbocycles. The van der Waals surface area contributed by atoms with Gasteiger partial charge in [-0.3, -0.25) is 0 Å². The maximum atomic E-state index is 2.48. The molecular weight excluding hydrogens is 1510 g/mol. The molecule has 0 bridgehead atoms. The molecule has 0 unspecified atom stereocenters. The van der Waals surface area contributed by atoms with Crippen molar-refractivity contribution < 1.29 is 0 Å². The van der Waals surface area contributed by atoms with Gasteiger partial charge in [-0.15, -0.1) is 0 Å². The monoisotopic (exact) mass is 1610 g/mol. The predicted molar refractivity (Wildman–Crippen MR) is 551 cm³/mol. The predicted octanol–water partition coefficient (Wildman–Crippen LogP) is 36.2. The van der Waals surface area contributed by atoms with Gasteiger partial charge < -0.3 is 0 Å². The summed E-state index contributed by atoms with van der Waals surface area (Å²) in [6.07, 6.45) is 0. The maximum Gasteiger partial charge on any atom is -0.00260 e. The molecule has 0 aliphatic heterocycles. The van der Waals surface area contributed by atoms with Gasteiger partial charge in [-0.05, 0) is 332 Å². The average molecular weight is 1610 g/mol. The van der Waals surface area contributed by atoms with E-state index in [1.165, 1.54) is 262 Å². The summed E-state index contributed by atoms with van der Waals surface area (Å²) in [6, 6.07) is 149. The number of fused-ring (bicyclic) bond motifs is 19. The lowest BCUT2D eigenvalue weighted by Crippen LogP contribution is -2.11. The first-order valence-electron chi connectivity index (χ1n) is 44.6. The van der Waals surface area contributed by atoms with Crippen LogP contribution in [0.15, 0.2) is 400 Å². The fourth-order valence-corrected chi connectivity index (χ4v) is 20.7. The molecule has 0 N–H and O–H groups in total. The Hall–Kier alpha value is -14.8. The Labute approximate surface area is 737 Å². The summed E-state index contributed by atoms with van der Waals surface area (Å²) in [6.45, 7) is 22.8. The molecule has 600 valence electrons. The first kappa shape index (κ1) is 77.3. The van der Waals surface area contributed by atoms with Gasteiger partial charge in [0.2, 0.25) is 0 Å². The number of rotatable bonds is 6. The first-order valence-corrected chi connectivity index (χ1v) is 44.6. The molecule has 24 rings (SSSR count). The van der Waals surface area contributed by atoms with Gasteiger partial charge in [-0.1, -0.05) is 411 Å². The van der Waals surface area contributed by atoms with Crippen LogP contribution in [0.4, 0.5) is 0 Å². The van der Waals surface area contributed by atoms with Crippen molar-refractivity contribution in [1.82, 2.24) is 0 Å². The lowest BCUT2D eigenvalue weighted by Gasteiger charge is -2.25. The van der Waals surface area contributed by atoms with Crippen molar-refractivity contribution in [1.29, 1.82) is 0 Å². The van der Waals surface area contributed by atoms with Gasteiger partial charge in [-0.2, -0.15) is 0 Å². The second-order valence-corrected chi connectivity index (χ2v) is 37.1. The Morgan fingerprint density at radius 2 is 0.381 bits per heavy atom. The standard InChI is InChI=1S/C50H42.C40H28.C36H26/c1-49(2,3)37-23-25-41-45(29-37)47(35-21-19-33-17-15-31-11-7-9-13-39(31)43(33)27-35)42-26-24-38(50(4,5)6)30-46(42)48(41)36-22-20-34-18-16-32-12-8-10-14-40(32)44(34)28-36;1-25-12-20-35-37(21-25)39(31-17-13-27-7-3-4-9-30(27)23-31)34-19-11-26(2)22-38(34)40(35)32-18-16-29-15-14-28-8-5-6-10-33(28)36(29)24-32;1-23-24(2)28-21-20-26(22-34(28)29-15-7-6-14-27(23)29)36-32-18-10-8-16-30(32)35(25-12-4-3-5-13-25)31-17-9-11-19-33(31)36/h7-30H,1-6H3;3-24H,1-2H3;3-22H,1-2H3. The minimum atomic E-state index is 0.0120. The lowest BCUT2D eigenvalue weighted by molar-refractivity contribution is 0.590. The Morgan fingerprint density at radius 1 is 0.135 bits per heavy atom. The highest BCUT2D eigenvalue weighted by molar-refractivity contribution is 6.27. The molecule has 0 aliphatic rings. The number of aryl methyl sites for hydroxylation is 4. The minimum Gasteiger partial charge on any atom is -0.0622 e. The van der Waals surface area contributed by atoms with Crippen molar-refractivity contribution in [3.63, 3.8) is 0 Å². The van der Waals surface area contributed by atoms with Crippen LogP contribution in [0.1, 0.15) is 74.9 Å². The Bertz CT molecular complexity index is 8380. The molecule has 0 saturated carbocycles. The van der Waals surface area contributed by atoms with Crippen LogP contribution >= 0.6 is 0 Å². The van der Waals surface area contributed by atoms with Crippen LogP contribution in [0.2, 0.25) is 0 Å². The van der Waals surface area contributed by atoms with Gasteiger partial charge in [0.1, 0.15) is 0 Å². The van der Waals surface area contributed by atoms with Crippen molar-refractivity contribution in [2.45, 2.75) is 80.1 Å². The van der Waals surface area contributed by atoms with E-state index < -0.39 is 0 Å². The molecule has 24 aromatic carbocycles. The molecule has 0 saturated heterocycles. The summed E-state index contributed by atoms with van der Waals surface area (Å²) in [5, 5.41) is 38.9. The third-order valence-electron chi connectivity index (χ3n) is 27.3. The molecule has 0 radical (unpaired) electrons. The molecule has 0 nitrogen and oxygen atoms in total. The topological polar surface area (TPSA) is 0 Å². The highest BCUT2D eigenvalue weighted by Gasteiger charge is 2.26. The summed E-state index contributed by atoms with van der Waals surface area (Å²) in [5.74, 6) is 0. The van der Waals surface area contributed by atoms with E-state index in [2.05, 4.69) is 470 Å². The summed E-state index contributed by atoms with van der Waals surface area (Å²) >= 11 is 0. The van der Waals surface area contributed by atoms with Gasteiger partial charge >= 0.3 is 0 Å². The zero-order valence-corrected chi connectivity index (χ0v) is 73.1. The molecule has 0 spiro atoms. The van der Waals surface area contributed by atoms with Crippen LogP contribution in [0.3, 0.4) is 0 Å². The van der Waals surface area contributed by atoms with Gasteiger partial charge in [0.15, 0.2) is 0 Å². The third kappa shape index (κ3) is 13.3. The molecule has 0 heteroatoms. The molecule has 0 amide bonds. The van der Waals surface area contributed by atoms with Crippen LogP contribution < -0.4 is 0 Å². The summed E-state index contributed by atoms with van der Waals surface area (Å²) in [4.78, 5) is 0. The van der Waals surface area contributed by atoms with E-state index >= 15 is 0 Å². The van der Waals surface area contributed by atoms with E-state index in [0.29, 0.717) is 0 Å². The molecule has 0 heterocycles. The summed E-state index contributed by atoms with van der Waals surface area (Å²) in [7, 11) is 0.